The van der Waals surface area contributed by atoms with E-state index < -0.39 is 0 Å². The fraction of sp³-hybridized carbons (Fsp3) is 0.385. The number of piperidine rings is 1. The number of carbonyl (C=O) groups is 2. The summed E-state index contributed by atoms with van der Waals surface area (Å²) in [5, 5.41) is 11.1. The number of rotatable bonds is 8. The molecule has 33 heavy (non-hydrogen) atoms. The molecular weight excluding hydrogens is 416 g/mol. The van der Waals surface area contributed by atoms with Gasteiger partial charge in [0.05, 0.1) is 0 Å². The quantitative estimate of drug-likeness (QED) is 0.559. The number of nitrogens with zero attached hydrogens (tertiary/aromatic N) is 3. The highest BCUT2D eigenvalue weighted by atomic mass is 16.4. The van der Waals surface area contributed by atoms with Gasteiger partial charge in [0.15, 0.2) is 0 Å². The maximum atomic E-state index is 12.9. The molecule has 1 N–H and O–H groups in total. The van der Waals surface area contributed by atoms with E-state index in [4.69, 9.17) is 4.42 Å². The molecule has 0 bridgehead atoms. The molecule has 7 nitrogen and oxygen atoms in total. The summed E-state index contributed by atoms with van der Waals surface area (Å²) in [7, 11) is 0. The van der Waals surface area contributed by atoms with E-state index in [1.807, 2.05) is 47.4 Å². The number of amides is 2. The minimum absolute atomic E-state index is 0.0365. The molecule has 1 aliphatic heterocycles. The van der Waals surface area contributed by atoms with Crippen molar-refractivity contribution in [1.29, 1.82) is 0 Å². The summed E-state index contributed by atoms with van der Waals surface area (Å²) in [6, 6.07) is 18.4. The maximum absolute atomic E-state index is 12.9. The van der Waals surface area contributed by atoms with E-state index in [-0.39, 0.29) is 17.9 Å². The summed E-state index contributed by atoms with van der Waals surface area (Å²) in [4.78, 5) is 26.0. The van der Waals surface area contributed by atoms with Crippen LogP contribution in [0.1, 0.15) is 44.9 Å². The molecule has 0 radical (unpaired) electrons. The molecule has 4 rings (SSSR count). The van der Waals surface area contributed by atoms with Gasteiger partial charge in [-0.1, -0.05) is 42.5 Å². The first-order valence-corrected chi connectivity index (χ1v) is 11.6. The zero-order chi connectivity index (χ0) is 23.0. The van der Waals surface area contributed by atoms with E-state index in [0.29, 0.717) is 31.2 Å². The van der Waals surface area contributed by atoms with Gasteiger partial charge in [0.1, 0.15) is 0 Å². The summed E-state index contributed by atoms with van der Waals surface area (Å²) < 4.78 is 5.83. The van der Waals surface area contributed by atoms with Crippen LogP contribution in [-0.2, 0) is 16.0 Å². The average molecular weight is 447 g/mol. The molecule has 2 aromatic carbocycles. The van der Waals surface area contributed by atoms with Crippen LogP contribution in [0, 0.1) is 0 Å². The summed E-state index contributed by atoms with van der Waals surface area (Å²) in [6.07, 6.45) is 4.66. The molecular formula is C26H30N4O3. The van der Waals surface area contributed by atoms with Crippen molar-refractivity contribution in [2.24, 2.45) is 0 Å². The SMILES string of the molecule is CC(=O)NCC[C@@H]1CCCCN1C(=O)CCc1nnc(-c2ccc(-c3ccccc3)cc2)o1. The van der Waals surface area contributed by atoms with Crippen LogP contribution >= 0.6 is 0 Å². The predicted molar refractivity (Wildman–Crippen MR) is 126 cm³/mol. The first kappa shape index (κ1) is 22.7. The van der Waals surface area contributed by atoms with Crippen molar-refractivity contribution in [2.45, 2.75) is 51.5 Å². The molecule has 7 heteroatoms. The van der Waals surface area contributed by atoms with Crippen molar-refractivity contribution in [3.05, 3.63) is 60.5 Å². The Hall–Kier alpha value is -3.48. The van der Waals surface area contributed by atoms with Gasteiger partial charge >= 0.3 is 0 Å². The molecule has 1 aliphatic rings. The van der Waals surface area contributed by atoms with Gasteiger partial charge in [-0.3, -0.25) is 9.59 Å². The van der Waals surface area contributed by atoms with Gasteiger partial charge in [0, 0.05) is 44.5 Å². The highest BCUT2D eigenvalue weighted by Gasteiger charge is 2.26. The van der Waals surface area contributed by atoms with Crippen LogP contribution in [0.3, 0.4) is 0 Å². The lowest BCUT2D eigenvalue weighted by Gasteiger charge is -2.36. The fourth-order valence-corrected chi connectivity index (χ4v) is 4.31. The van der Waals surface area contributed by atoms with Crippen molar-refractivity contribution in [3.8, 4) is 22.6 Å². The van der Waals surface area contributed by atoms with Gasteiger partial charge in [0.25, 0.3) is 0 Å². The normalized spacial score (nSPS) is 15.9. The maximum Gasteiger partial charge on any atom is 0.247 e. The summed E-state index contributed by atoms with van der Waals surface area (Å²) in [6.45, 7) is 2.88. The summed E-state index contributed by atoms with van der Waals surface area (Å²) >= 11 is 0. The van der Waals surface area contributed by atoms with Crippen LogP contribution in [0.5, 0.6) is 0 Å². The second-order valence-corrected chi connectivity index (χ2v) is 8.45. The Morgan fingerprint density at radius 1 is 1.00 bits per heavy atom. The Balaban J connectivity index is 1.32. The fourth-order valence-electron chi connectivity index (χ4n) is 4.31. The predicted octanol–water partition coefficient (Wildman–Crippen LogP) is 4.24. The Kier molecular flexibility index (Phi) is 7.50. The zero-order valence-electron chi connectivity index (χ0n) is 19.0. The van der Waals surface area contributed by atoms with Gasteiger partial charge in [-0.2, -0.15) is 0 Å². The third-order valence-corrected chi connectivity index (χ3v) is 6.06. The van der Waals surface area contributed by atoms with Crippen LogP contribution in [0.25, 0.3) is 22.6 Å². The molecule has 172 valence electrons. The summed E-state index contributed by atoms with van der Waals surface area (Å²) in [5.41, 5.74) is 3.13. The van der Waals surface area contributed by atoms with Crippen molar-refractivity contribution < 1.29 is 14.0 Å². The lowest BCUT2D eigenvalue weighted by Crippen LogP contribution is -2.45. The summed E-state index contributed by atoms with van der Waals surface area (Å²) in [5.74, 6) is 1.00. The Morgan fingerprint density at radius 3 is 2.48 bits per heavy atom. The van der Waals surface area contributed by atoms with E-state index in [1.165, 1.54) is 6.92 Å². The largest absolute Gasteiger partial charge is 0.421 e. The molecule has 1 saturated heterocycles. The number of hydrogen-bond acceptors (Lipinski definition) is 5. The second-order valence-electron chi connectivity index (χ2n) is 8.45. The highest BCUT2D eigenvalue weighted by Crippen LogP contribution is 2.25. The second kappa shape index (κ2) is 10.9. The molecule has 0 saturated carbocycles. The van der Waals surface area contributed by atoms with Gasteiger partial charge in [-0.15, -0.1) is 10.2 Å². The number of aromatic nitrogens is 2. The molecule has 2 heterocycles. The minimum atomic E-state index is -0.0365. The Morgan fingerprint density at radius 2 is 1.73 bits per heavy atom. The molecule has 3 aromatic rings. The number of aryl methyl sites for hydroxylation is 1. The monoisotopic (exact) mass is 446 g/mol. The van der Waals surface area contributed by atoms with E-state index in [0.717, 1.165) is 48.9 Å². The zero-order valence-corrected chi connectivity index (χ0v) is 19.0. The van der Waals surface area contributed by atoms with Gasteiger partial charge < -0.3 is 14.6 Å². The smallest absolute Gasteiger partial charge is 0.247 e. The van der Waals surface area contributed by atoms with Crippen molar-refractivity contribution in [1.82, 2.24) is 20.4 Å². The third-order valence-electron chi connectivity index (χ3n) is 6.06. The van der Waals surface area contributed by atoms with Crippen LogP contribution in [0.2, 0.25) is 0 Å². The number of benzene rings is 2. The standard InChI is InChI=1S/C26H30N4O3/c1-19(31)27-17-16-23-9-5-6-18-30(23)25(32)15-14-24-28-29-26(33-24)22-12-10-21(11-13-22)20-7-3-2-4-8-20/h2-4,7-8,10-13,23H,5-6,9,14-18H2,1H3,(H,27,31)/t23-/m0/s1. The van der Waals surface area contributed by atoms with Gasteiger partial charge in [-0.05, 0) is 48.9 Å². The number of hydrogen-bond donors (Lipinski definition) is 1. The molecule has 2 amide bonds. The van der Waals surface area contributed by atoms with Crippen LogP contribution in [0.4, 0.5) is 0 Å². The van der Waals surface area contributed by atoms with Crippen LogP contribution < -0.4 is 5.32 Å². The van der Waals surface area contributed by atoms with Gasteiger partial charge in [-0.25, -0.2) is 0 Å². The number of nitrogens with one attached hydrogen (secondary N) is 1. The molecule has 0 aliphatic carbocycles. The van der Waals surface area contributed by atoms with Crippen molar-refractivity contribution in [2.75, 3.05) is 13.1 Å². The third kappa shape index (κ3) is 6.06. The first-order valence-electron chi connectivity index (χ1n) is 11.6. The van der Waals surface area contributed by atoms with Crippen LogP contribution in [0.15, 0.2) is 59.0 Å². The molecule has 0 unspecified atom stereocenters. The number of carbonyl (C=O) groups excluding carboxylic acids is 2. The van der Waals surface area contributed by atoms with E-state index >= 15 is 0 Å². The topological polar surface area (TPSA) is 88.3 Å². The van der Waals surface area contributed by atoms with E-state index in [9.17, 15) is 9.59 Å². The highest BCUT2D eigenvalue weighted by molar-refractivity contribution is 5.77. The molecule has 1 atom stereocenters. The minimum Gasteiger partial charge on any atom is -0.421 e. The Bertz CT molecular complexity index is 1060. The lowest BCUT2D eigenvalue weighted by molar-refractivity contribution is -0.135. The molecule has 1 fully saturated rings. The van der Waals surface area contributed by atoms with E-state index in [2.05, 4.69) is 27.6 Å². The Labute approximate surface area is 194 Å². The van der Waals surface area contributed by atoms with E-state index in [1.54, 1.807) is 0 Å². The van der Waals surface area contributed by atoms with Crippen LogP contribution in [-0.4, -0.2) is 46.0 Å². The van der Waals surface area contributed by atoms with Gasteiger partial charge in [0.2, 0.25) is 23.6 Å². The average Bonchev–Trinajstić information content (AvgIpc) is 3.32. The molecule has 0 spiro atoms. The lowest BCUT2D eigenvalue weighted by atomic mass is 9.98. The van der Waals surface area contributed by atoms with Crippen molar-refractivity contribution >= 4 is 11.8 Å². The number of likely N-dealkylation sites (tertiary alicyclic amines) is 1. The first-order chi connectivity index (χ1) is 16.1. The van der Waals surface area contributed by atoms with Crippen molar-refractivity contribution in [3.63, 3.8) is 0 Å². The molecule has 1 aromatic heterocycles.